The Labute approximate surface area is 132 Å². The van der Waals surface area contributed by atoms with Crippen LogP contribution >= 0.6 is 22.9 Å². The predicted molar refractivity (Wildman–Crippen MR) is 86.8 cm³/mol. The highest BCUT2D eigenvalue weighted by Gasteiger charge is 2.12. The maximum Gasteiger partial charge on any atom is 0.315 e. The van der Waals surface area contributed by atoms with E-state index in [2.05, 4.69) is 10.6 Å². The van der Waals surface area contributed by atoms with Crippen molar-refractivity contribution in [1.82, 2.24) is 10.6 Å². The standard InChI is InChI=1S/C15H17ClN2O2S/c1-10(18-15(20)17-8-9-19)13-6-7-14(21-13)11-2-4-12(16)5-3-11/h2-7,10,19H,8-9H2,1H3,(H2,17,18,20). The molecule has 112 valence electrons. The highest BCUT2D eigenvalue weighted by atomic mass is 35.5. The molecule has 0 bridgehead atoms. The Balaban J connectivity index is 2.02. The first-order chi connectivity index (χ1) is 10.1. The van der Waals surface area contributed by atoms with Gasteiger partial charge in [0.1, 0.15) is 0 Å². The average molecular weight is 325 g/mol. The summed E-state index contributed by atoms with van der Waals surface area (Å²) < 4.78 is 0. The van der Waals surface area contributed by atoms with Gasteiger partial charge in [-0.3, -0.25) is 0 Å². The molecular weight excluding hydrogens is 308 g/mol. The molecule has 1 unspecified atom stereocenters. The molecule has 0 radical (unpaired) electrons. The van der Waals surface area contributed by atoms with Crippen LogP contribution in [0.2, 0.25) is 5.02 Å². The largest absolute Gasteiger partial charge is 0.395 e. The first-order valence-corrected chi connectivity index (χ1v) is 7.80. The van der Waals surface area contributed by atoms with Crippen LogP contribution in [0.1, 0.15) is 17.8 Å². The molecule has 0 aliphatic rings. The molecule has 6 heteroatoms. The molecule has 1 aromatic heterocycles. The van der Waals surface area contributed by atoms with E-state index < -0.39 is 0 Å². The third kappa shape index (κ3) is 4.46. The fourth-order valence-corrected chi connectivity index (χ4v) is 2.98. The Morgan fingerprint density at radius 1 is 1.29 bits per heavy atom. The molecule has 1 atom stereocenters. The van der Waals surface area contributed by atoms with Gasteiger partial charge < -0.3 is 15.7 Å². The molecule has 0 fully saturated rings. The molecule has 0 saturated carbocycles. The molecule has 4 nitrogen and oxygen atoms in total. The molecule has 0 spiro atoms. The third-order valence-corrected chi connectivity index (χ3v) is 4.50. The number of carbonyl (C=O) groups excluding carboxylic acids is 1. The van der Waals surface area contributed by atoms with Crippen LogP contribution in [0.15, 0.2) is 36.4 Å². The number of aliphatic hydroxyl groups is 1. The number of carbonyl (C=O) groups is 1. The molecule has 0 aliphatic carbocycles. The number of amides is 2. The van der Waals surface area contributed by atoms with Crippen molar-refractivity contribution < 1.29 is 9.90 Å². The Kier molecular flexibility index (Phi) is 5.61. The van der Waals surface area contributed by atoms with Crippen LogP contribution in [0.5, 0.6) is 0 Å². The summed E-state index contributed by atoms with van der Waals surface area (Å²) in [6.45, 7) is 2.11. The van der Waals surface area contributed by atoms with E-state index >= 15 is 0 Å². The van der Waals surface area contributed by atoms with Crippen LogP contribution in [-0.4, -0.2) is 24.3 Å². The fourth-order valence-electron chi connectivity index (χ4n) is 1.84. The zero-order chi connectivity index (χ0) is 15.2. The smallest absolute Gasteiger partial charge is 0.315 e. The molecule has 0 saturated heterocycles. The number of benzene rings is 1. The van der Waals surface area contributed by atoms with Crippen molar-refractivity contribution in [1.29, 1.82) is 0 Å². The third-order valence-electron chi connectivity index (χ3n) is 2.93. The van der Waals surface area contributed by atoms with Crippen molar-refractivity contribution >= 4 is 29.0 Å². The van der Waals surface area contributed by atoms with Crippen molar-refractivity contribution in [2.45, 2.75) is 13.0 Å². The Morgan fingerprint density at radius 3 is 2.67 bits per heavy atom. The van der Waals surface area contributed by atoms with Crippen LogP contribution < -0.4 is 10.6 Å². The van der Waals surface area contributed by atoms with E-state index in [1.54, 1.807) is 11.3 Å². The molecule has 2 aromatic rings. The van der Waals surface area contributed by atoms with E-state index in [0.29, 0.717) is 5.02 Å². The molecule has 1 aromatic carbocycles. The van der Waals surface area contributed by atoms with Crippen molar-refractivity contribution in [2.24, 2.45) is 0 Å². The van der Waals surface area contributed by atoms with Crippen molar-refractivity contribution in [3.8, 4) is 10.4 Å². The maximum absolute atomic E-state index is 11.6. The maximum atomic E-state index is 11.6. The van der Waals surface area contributed by atoms with E-state index in [0.717, 1.165) is 15.3 Å². The number of hydrogen-bond donors (Lipinski definition) is 3. The van der Waals surface area contributed by atoms with E-state index in [4.69, 9.17) is 16.7 Å². The fraction of sp³-hybridized carbons (Fsp3) is 0.267. The zero-order valence-corrected chi connectivity index (χ0v) is 13.2. The predicted octanol–water partition coefficient (Wildman–Crippen LogP) is 3.42. The minimum Gasteiger partial charge on any atom is -0.395 e. The first-order valence-electron chi connectivity index (χ1n) is 6.61. The molecular formula is C15H17ClN2O2S. The van der Waals surface area contributed by atoms with Gasteiger partial charge in [0.25, 0.3) is 0 Å². The highest BCUT2D eigenvalue weighted by molar-refractivity contribution is 7.15. The van der Waals surface area contributed by atoms with Gasteiger partial charge in [0, 0.05) is 21.3 Å². The number of nitrogens with one attached hydrogen (secondary N) is 2. The van der Waals surface area contributed by atoms with Crippen LogP contribution in [0.25, 0.3) is 10.4 Å². The SMILES string of the molecule is CC(NC(=O)NCCO)c1ccc(-c2ccc(Cl)cc2)s1. The van der Waals surface area contributed by atoms with Crippen molar-refractivity contribution in [3.05, 3.63) is 46.3 Å². The summed E-state index contributed by atoms with van der Waals surface area (Å²) in [7, 11) is 0. The van der Waals surface area contributed by atoms with Crippen molar-refractivity contribution in [3.63, 3.8) is 0 Å². The number of thiophene rings is 1. The first kappa shape index (κ1) is 15.8. The number of halogens is 1. The summed E-state index contributed by atoms with van der Waals surface area (Å²) in [5.41, 5.74) is 1.10. The lowest BCUT2D eigenvalue weighted by molar-refractivity contribution is 0.231. The Morgan fingerprint density at radius 2 is 2.00 bits per heavy atom. The van der Waals surface area contributed by atoms with Gasteiger partial charge in [0.05, 0.1) is 12.6 Å². The van der Waals surface area contributed by atoms with Gasteiger partial charge in [-0.25, -0.2) is 4.79 Å². The Bertz CT molecular complexity index is 598. The lowest BCUT2D eigenvalue weighted by Gasteiger charge is -2.12. The summed E-state index contributed by atoms with van der Waals surface area (Å²) in [6, 6.07) is 11.3. The van der Waals surface area contributed by atoms with E-state index in [1.807, 2.05) is 43.3 Å². The molecule has 0 aliphatic heterocycles. The summed E-state index contributed by atoms with van der Waals surface area (Å²) in [6.07, 6.45) is 0. The number of rotatable bonds is 5. The van der Waals surface area contributed by atoms with E-state index in [-0.39, 0.29) is 25.2 Å². The lowest BCUT2D eigenvalue weighted by Crippen LogP contribution is -2.38. The normalized spacial score (nSPS) is 12.0. The molecule has 1 heterocycles. The summed E-state index contributed by atoms with van der Waals surface area (Å²) in [4.78, 5) is 13.8. The summed E-state index contributed by atoms with van der Waals surface area (Å²) in [5, 5.41) is 14.8. The molecule has 2 amide bonds. The second-order valence-corrected chi connectivity index (χ2v) is 6.11. The minimum atomic E-state index is -0.280. The van der Waals surface area contributed by atoms with Gasteiger partial charge in [0.15, 0.2) is 0 Å². The number of urea groups is 1. The van der Waals surface area contributed by atoms with Crippen LogP contribution in [0.4, 0.5) is 4.79 Å². The summed E-state index contributed by atoms with van der Waals surface area (Å²) >= 11 is 7.52. The summed E-state index contributed by atoms with van der Waals surface area (Å²) in [5.74, 6) is 0. The quantitative estimate of drug-likeness (QED) is 0.789. The second-order valence-electron chi connectivity index (χ2n) is 4.55. The molecule has 3 N–H and O–H groups in total. The van der Waals surface area contributed by atoms with Gasteiger partial charge >= 0.3 is 6.03 Å². The van der Waals surface area contributed by atoms with Gasteiger partial charge in [0.2, 0.25) is 0 Å². The minimum absolute atomic E-state index is 0.0679. The van der Waals surface area contributed by atoms with Gasteiger partial charge in [-0.1, -0.05) is 23.7 Å². The Hall–Kier alpha value is -1.56. The molecule has 2 rings (SSSR count). The average Bonchev–Trinajstić information content (AvgIpc) is 2.96. The van der Waals surface area contributed by atoms with Gasteiger partial charge in [-0.15, -0.1) is 11.3 Å². The van der Waals surface area contributed by atoms with E-state index in [1.165, 1.54) is 0 Å². The van der Waals surface area contributed by atoms with Gasteiger partial charge in [-0.2, -0.15) is 0 Å². The van der Waals surface area contributed by atoms with Crippen LogP contribution in [0, 0.1) is 0 Å². The van der Waals surface area contributed by atoms with Crippen molar-refractivity contribution in [2.75, 3.05) is 13.2 Å². The van der Waals surface area contributed by atoms with E-state index in [9.17, 15) is 4.79 Å². The van der Waals surface area contributed by atoms with Crippen LogP contribution in [0.3, 0.4) is 0 Å². The van der Waals surface area contributed by atoms with Crippen LogP contribution in [-0.2, 0) is 0 Å². The lowest BCUT2D eigenvalue weighted by atomic mass is 10.2. The number of aliphatic hydroxyl groups excluding tert-OH is 1. The second kappa shape index (κ2) is 7.45. The molecule has 21 heavy (non-hydrogen) atoms. The topological polar surface area (TPSA) is 61.4 Å². The number of hydrogen-bond acceptors (Lipinski definition) is 3. The zero-order valence-electron chi connectivity index (χ0n) is 11.6. The van der Waals surface area contributed by atoms with Gasteiger partial charge in [-0.05, 0) is 36.8 Å². The highest BCUT2D eigenvalue weighted by Crippen LogP contribution is 2.31. The monoisotopic (exact) mass is 324 g/mol.